The van der Waals surface area contributed by atoms with E-state index in [4.69, 9.17) is 5.73 Å². The van der Waals surface area contributed by atoms with Gasteiger partial charge in [-0.25, -0.2) is 4.39 Å². The Bertz CT molecular complexity index is 450. The Morgan fingerprint density at radius 3 is 2.79 bits per heavy atom. The number of nitrogens with two attached hydrogens (primary N) is 1. The molecule has 2 rings (SSSR count). The molecule has 2 atom stereocenters. The van der Waals surface area contributed by atoms with Gasteiger partial charge >= 0.3 is 0 Å². The molecule has 0 bridgehead atoms. The van der Waals surface area contributed by atoms with E-state index in [1.165, 1.54) is 6.07 Å². The highest BCUT2D eigenvalue weighted by Gasteiger charge is 2.27. The van der Waals surface area contributed by atoms with Gasteiger partial charge in [0.15, 0.2) is 0 Å². The van der Waals surface area contributed by atoms with Crippen molar-refractivity contribution in [3.05, 3.63) is 35.6 Å². The molecule has 0 radical (unpaired) electrons. The fraction of sp³-hybridized carbons (Fsp3) is 0.533. The maximum atomic E-state index is 13.5. The number of halogens is 1. The fourth-order valence-electron chi connectivity index (χ4n) is 2.67. The van der Waals surface area contributed by atoms with Crippen LogP contribution in [0, 0.1) is 11.7 Å². The van der Waals surface area contributed by atoms with Crippen LogP contribution >= 0.6 is 0 Å². The van der Waals surface area contributed by atoms with E-state index >= 15 is 0 Å². The first kappa shape index (κ1) is 14.0. The maximum Gasteiger partial charge on any atom is 0.222 e. The number of hydrogen-bond donors (Lipinski definition) is 1. The molecule has 104 valence electrons. The van der Waals surface area contributed by atoms with Crippen molar-refractivity contribution in [2.24, 2.45) is 11.7 Å². The molecule has 0 heterocycles. The normalized spacial score (nSPS) is 22.5. The van der Waals surface area contributed by atoms with Crippen molar-refractivity contribution in [1.29, 1.82) is 0 Å². The monoisotopic (exact) mass is 264 g/mol. The van der Waals surface area contributed by atoms with Crippen LogP contribution in [0.4, 0.5) is 4.39 Å². The molecule has 0 saturated heterocycles. The van der Waals surface area contributed by atoms with Crippen LogP contribution < -0.4 is 5.73 Å². The van der Waals surface area contributed by atoms with Crippen molar-refractivity contribution in [2.75, 3.05) is 7.05 Å². The van der Waals surface area contributed by atoms with Crippen LogP contribution in [0.3, 0.4) is 0 Å². The molecule has 1 aromatic carbocycles. The lowest BCUT2D eigenvalue weighted by molar-refractivity contribution is -0.131. The number of benzene rings is 1. The SMILES string of the molecule is CN(Cc1ccccc1F)C(=O)C[C@@H]1CCC[C@H]1N. The zero-order valence-electron chi connectivity index (χ0n) is 11.3. The predicted molar refractivity (Wildman–Crippen MR) is 72.8 cm³/mol. The van der Waals surface area contributed by atoms with Crippen molar-refractivity contribution in [3.8, 4) is 0 Å². The smallest absolute Gasteiger partial charge is 0.222 e. The third-order valence-corrected chi connectivity index (χ3v) is 3.95. The number of amides is 1. The van der Waals surface area contributed by atoms with Gasteiger partial charge in [-0.2, -0.15) is 0 Å². The van der Waals surface area contributed by atoms with Gasteiger partial charge in [0.1, 0.15) is 5.82 Å². The van der Waals surface area contributed by atoms with Crippen LogP contribution in [-0.4, -0.2) is 23.9 Å². The molecule has 1 amide bonds. The first-order chi connectivity index (χ1) is 9.08. The molecule has 1 saturated carbocycles. The van der Waals surface area contributed by atoms with E-state index in [1.54, 1.807) is 30.1 Å². The van der Waals surface area contributed by atoms with Crippen LogP contribution in [0.1, 0.15) is 31.2 Å². The molecule has 0 aromatic heterocycles. The highest BCUT2D eigenvalue weighted by atomic mass is 19.1. The van der Waals surface area contributed by atoms with Crippen molar-refractivity contribution in [1.82, 2.24) is 4.90 Å². The van der Waals surface area contributed by atoms with E-state index in [0.717, 1.165) is 19.3 Å². The average Bonchev–Trinajstić information content (AvgIpc) is 2.78. The van der Waals surface area contributed by atoms with Crippen LogP contribution in [0.15, 0.2) is 24.3 Å². The molecule has 4 heteroatoms. The van der Waals surface area contributed by atoms with Crippen LogP contribution in [-0.2, 0) is 11.3 Å². The first-order valence-corrected chi connectivity index (χ1v) is 6.81. The molecule has 1 fully saturated rings. The third kappa shape index (κ3) is 3.53. The molecule has 3 nitrogen and oxygen atoms in total. The van der Waals surface area contributed by atoms with E-state index in [-0.39, 0.29) is 23.7 Å². The second kappa shape index (κ2) is 6.15. The molecule has 1 aromatic rings. The molecule has 0 spiro atoms. The molecule has 0 aliphatic heterocycles. The zero-order valence-corrected chi connectivity index (χ0v) is 11.3. The molecule has 2 N–H and O–H groups in total. The van der Waals surface area contributed by atoms with Crippen molar-refractivity contribution < 1.29 is 9.18 Å². The Morgan fingerprint density at radius 2 is 2.16 bits per heavy atom. The van der Waals surface area contributed by atoms with Gasteiger partial charge in [-0.3, -0.25) is 4.79 Å². The third-order valence-electron chi connectivity index (χ3n) is 3.95. The summed E-state index contributed by atoms with van der Waals surface area (Å²) < 4.78 is 13.5. The van der Waals surface area contributed by atoms with Gasteiger partial charge < -0.3 is 10.6 Å². The van der Waals surface area contributed by atoms with Gasteiger partial charge in [-0.15, -0.1) is 0 Å². The number of nitrogens with zero attached hydrogens (tertiary/aromatic N) is 1. The van der Waals surface area contributed by atoms with E-state index < -0.39 is 0 Å². The summed E-state index contributed by atoms with van der Waals surface area (Å²) in [6, 6.07) is 6.70. The Morgan fingerprint density at radius 1 is 1.42 bits per heavy atom. The Hall–Kier alpha value is -1.42. The topological polar surface area (TPSA) is 46.3 Å². The van der Waals surface area contributed by atoms with Gasteiger partial charge in [-0.1, -0.05) is 24.6 Å². The van der Waals surface area contributed by atoms with Crippen molar-refractivity contribution >= 4 is 5.91 Å². The summed E-state index contributed by atoms with van der Waals surface area (Å²) in [7, 11) is 1.72. The van der Waals surface area contributed by atoms with Crippen LogP contribution in [0.5, 0.6) is 0 Å². The minimum Gasteiger partial charge on any atom is -0.341 e. The molecule has 19 heavy (non-hydrogen) atoms. The van der Waals surface area contributed by atoms with Crippen LogP contribution in [0.25, 0.3) is 0 Å². The highest BCUT2D eigenvalue weighted by molar-refractivity contribution is 5.76. The minimum absolute atomic E-state index is 0.0469. The zero-order chi connectivity index (χ0) is 13.8. The summed E-state index contributed by atoms with van der Waals surface area (Å²) in [6.07, 6.45) is 3.62. The molecular formula is C15H21FN2O. The Labute approximate surface area is 113 Å². The average molecular weight is 264 g/mol. The van der Waals surface area contributed by atoms with E-state index in [1.807, 2.05) is 0 Å². The fourth-order valence-corrected chi connectivity index (χ4v) is 2.67. The summed E-state index contributed by atoms with van der Waals surface area (Å²) in [5, 5.41) is 0. The summed E-state index contributed by atoms with van der Waals surface area (Å²) >= 11 is 0. The minimum atomic E-state index is -0.264. The lowest BCUT2D eigenvalue weighted by atomic mass is 9.99. The van der Waals surface area contributed by atoms with E-state index in [9.17, 15) is 9.18 Å². The van der Waals surface area contributed by atoms with E-state index in [0.29, 0.717) is 18.5 Å². The second-order valence-corrected chi connectivity index (χ2v) is 5.40. The Balaban J connectivity index is 1.91. The van der Waals surface area contributed by atoms with Gasteiger partial charge in [0.25, 0.3) is 0 Å². The lowest BCUT2D eigenvalue weighted by Crippen LogP contribution is -2.32. The Kier molecular flexibility index (Phi) is 4.53. The summed E-state index contributed by atoms with van der Waals surface area (Å²) in [4.78, 5) is 13.7. The van der Waals surface area contributed by atoms with Crippen molar-refractivity contribution in [2.45, 2.75) is 38.3 Å². The van der Waals surface area contributed by atoms with Gasteiger partial charge in [0.05, 0.1) is 0 Å². The lowest BCUT2D eigenvalue weighted by Gasteiger charge is -2.21. The molecule has 1 aliphatic carbocycles. The predicted octanol–water partition coefficient (Wildman–Crippen LogP) is 2.30. The summed E-state index contributed by atoms with van der Waals surface area (Å²) in [5.74, 6) is 0.0703. The van der Waals surface area contributed by atoms with Gasteiger partial charge in [-0.05, 0) is 24.8 Å². The maximum absolute atomic E-state index is 13.5. The number of hydrogen-bond acceptors (Lipinski definition) is 2. The van der Waals surface area contributed by atoms with Crippen LogP contribution in [0.2, 0.25) is 0 Å². The largest absolute Gasteiger partial charge is 0.341 e. The summed E-state index contributed by atoms with van der Waals surface area (Å²) in [6.45, 7) is 0.313. The standard InChI is InChI=1S/C15H21FN2O/c1-18(10-12-5-2-3-7-13(12)16)15(19)9-11-6-4-8-14(11)17/h2-3,5,7,11,14H,4,6,8-10,17H2,1H3/t11-,14+/m0/s1. The molecule has 1 aliphatic rings. The van der Waals surface area contributed by atoms with Crippen molar-refractivity contribution in [3.63, 3.8) is 0 Å². The highest BCUT2D eigenvalue weighted by Crippen LogP contribution is 2.27. The number of carbonyl (C=O) groups excluding carboxylic acids is 1. The first-order valence-electron chi connectivity index (χ1n) is 6.81. The van der Waals surface area contributed by atoms with Gasteiger partial charge in [0, 0.05) is 31.6 Å². The number of rotatable bonds is 4. The second-order valence-electron chi connectivity index (χ2n) is 5.40. The van der Waals surface area contributed by atoms with E-state index in [2.05, 4.69) is 0 Å². The van der Waals surface area contributed by atoms with Gasteiger partial charge in [0.2, 0.25) is 5.91 Å². The molecular weight excluding hydrogens is 243 g/mol. The molecule has 0 unspecified atom stereocenters. The number of carbonyl (C=O) groups is 1. The quantitative estimate of drug-likeness (QED) is 0.907. The summed E-state index contributed by atoms with van der Waals surface area (Å²) in [5.41, 5.74) is 6.52.